The van der Waals surface area contributed by atoms with Crippen molar-refractivity contribution in [2.24, 2.45) is 0 Å². The Kier molecular flexibility index (Phi) is 7.49. The summed E-state index contributed by atoms with van der Waals surface area (Å²) in [6, 6.07) is 62.0. The Labute approximate surface area is 291 Å². The lowest BCUT2D eigenvalue weighted by molar-refractivity contribution is 1.18. The SMILES string of the molecule is c1ccc(-c2cc(-c3ccc(-c4ccc(-c5cccnc5)cc4)cc3)nc(-c3ccc(-c4cc5ccccc5c5ccccc45)cc3)n2)cc1. The summed E-state index contributed by atoms with van der Waals surface area (Å²) in [7, 11) is 0. The maximum atomic E-state index is 5.12. The molecular weight excluding hydrogens is 607 g/mol. The van der Waals surface area contributed by atoms with E-state index in [9.17, 15) is 0 Å². The van der Waals surface area contributed by atoms with Gasteiger partial charge in [0.05, 0.1) is 11.4 Å². The topological polar surface area (TPSA) is 38.7 Å². The van der Waals surface area contributed by atoms with Crippen LogP contribution in [-0.2, 0) is 0 Å². The van der Waals surface area contributed by atoms with E-state index in [2.05, 4.69) is 157 Å². The summed E-state index contributed by atoms with van der Waals surface area (Å²) in [5, 5.41) is 5.02. The van der Waals surface area contributed by atoms with Gasteiger partial charge in [0.2, 0.25) is 0 Å². The van der Waals surface area contributed by atoms with Crippen molar-refractivity contribution in [1.29, 1.82) is 0 Å². The van der Waals surface area contributed by atoms with Crippen LogP contribution in [0.1, 0.15) is 0 Å². The van der Waals surface area contributed by atoms with Gasteiger partial charge in [-0.15, -0.1) is 0 Å². The molecule has 7 aromatic carbocycles. The van der Waals surface area contributed by atoms with Crippen molar-refractivity contribution >= 4 is 21.5 Å². The van der Waals surface area contributed by atoms with Gasteiger partial charge in [-0.2, -0.15) is 0 Å². The average Bonchev–Trinajstić information content (AvgIpc) is 3.21. The summed E-state index contributed by atoms with van der Waals surface area (Å²) in [6.07, 6.45) is 3.69. The maximum Gasteiger partial charge on any atom is 0.160 e. The van der Waals surface area contributed by atoms with E-state index in [0.29, 0.717) is 5.82 Å². The first-order chi connectivity index (χ1) is 24.8. The zero-order chi connectivity index (χ0) is 33.3. The third-order valence-corrected chi connectivity index (χ3v) is 9.41. The highest BCUT2D eigenvalue weighted by Gasteiger charge is 2.13. The molecule has 0 spiro atoms. The van der Waals surface area contributed by atoms with E-state index < -0.39 is 0 Å². The minimum absolute atomic E-state index is 0.700. The first-order valence-electron chi connectivity index (χ1n) is 16.8. The quantitative estimate of drug-likeness (QED) is 0.170. The highest BCUT2D eigenvalue weighted by molar-refractivity contribution is 6.13. The van der Waals surface area contributed by atoms with Crippen LogP contribution < -0.4 is 0 Å². The van der Waals surface area contributed by atoms with Gasteiger partial charge in [-0.3, -0.25) is 4.98 Å². The van der Waals surface area contributed by atoms with Crippen molar-refractivity contribution in [3.8, 4) is 67.3 Å². The monoisotopic (exact) mass is 637 g/mol. The summed E-state index contributed by atoms with van der Waals surface area (Å²) < 4.78 is 0. The third-order valence-electron chi connectivity index (χ3n) is 9.41. The predicted molar refractivity (Wildman–Crippen MR) is 207 cm³/mol. The van der Waals surface area contributed by atoms with Gasteiger partial charge in [0.15, 0.2) is 5.82 Å². The lowest BCUT2D eigenvalue weighted by Gasteiger charge is -2.12. The number of nitrogens with zero attached hydrogens (tertiary/aromatic N) is 3. The van der Waals surface area contributed by atoms with Gasteiger partial charge < -0.3 is 0 Å². The van der Waals surface area contributed by atoms with Crippen LogP contribution in [0.4, 0.5) is 0 Å². The van der Waals surface area contributed by atoms with E-state index in [0.717, 1.165) is 50.3 Å². The molecule has 3 nitrogen and oxygen atoms in total. The standard InChI is InChI=1S/C47H31N3/c1-2-9-36(10-3-1)45-30-46(37-24-20-33(21-25-37)32-16-18-34(19-17-32)40-12-8-28-48-31-40)50-47(49-45)38-26-22-35(23-27-38)44-29-39-11-4-5-13-41(39)42-14-6-7-15-43(42)44/h1-31H. The maximum absolute atomic E-state index is 5.12. The van der Waals surface area contributed by atoms with E-state index in [1.54, 1.807) is 6.20 Å². The molecule has 0 unspecified atom stereocenters. The molecule has 0 aliphatic rings. The Morgan fingerprint density at radius 1 is 0.320 bits per heavy atom. The van der Waals surface area contributed by atoms with Crippen LogP contribution in [0, 0.1) is 0 Å². The van der Waals surface area contributed by atoms with Crippen LogP contribution in [0.2, 0.25) is 0 Å². The van der Waals surface area contributed by atoms with Crippen molar-refractivity contribution < 1.29 is 0 Å². The van der Waals surface area contributed by atoms with E-state index in [4.69, 9.17) is 9.97 Å². The van der Waals surface area contributed by atoms with Gasteiger partial charge in [0.25, 0.3) is 0 Å². The number of pyridine rings is 1. The number of rotatable bonds is 6. The van der Waals surface area contributed by atoms with Crippen molar-refractivity contribution in [1.82, 2.24) is 15.0 Å². The Balaban J connectivity index is 1.07. The van der Waals surface area contributed by atoms with Crippen LogP contribution in [0.5, 0.6) is 0 Å². The first kappa shape index (κ1) is 29.4. The largest absolute Gasteiger partial charge is 0.264 e. The molecular formula is C47H31N3. The molecule has 3 heteroatoms. The van der Waals surface area contributed by atoms with E-state index in [-0.39, 0.29) is 0 Å². The number of hydrogen-bond acceptors (Lipinski definition) is 3. The van der Waals surface area contributed by atoms with Crippen molar-refractivity contribution in [2.45, 2.75) is 0 Å². The third kappa shape index (κ3) is 5.61. The molecule has 0 aliphatic heterocycles. The lowest BCUT2D eigenvalue weighted by Crippen LogP contribution is -1.96. The fraction of sp³-hybridized carbons (Fsp3) is 0. The van der Waals surface area contributed by atoms with E-state index in [1.807, 2.05) is 30.5 Å². The summed E-state index contributed by atoms with van der Waals surface area (Å²) in [5.74, 6) is 0.700. The van der Waals surface area contributed by atoms with Gasteiger partial charge in [0.1, 0.15) is 0 Å². The van der Waals surface area contributed by atoms with Crippen LogP contribution in [0.25, 0.3) is 88.8 Å². The molecule has 9 rings (SSSR count). The molecule has 9 aromatic rings. The second kappa shape index (κ2) is 12.7. The summed E-state index contributed by atoms with van der Waals surface area (Å²) in [6.45, 7) is 0. The number of hydrogen-bond donors (Lipinski definition) is 0. The van der Waals surface area contributed by atoms with E-state index >= 15 is 0 Å². The first-order valence-corrected chi connectivity index (χ1v) is 16.8. The number of fused-ring (bicyclic) bond motifs is 3. The highest BCUT2D eigenvalue weighted by atomic mass is 14.9. The predicted octanol–water partition coefficient (Wildman–Crippen LogP) is 12.2. The molecule has 2 aromatic heterocycles. The Bertz CT molecular complexity index is 2590. The second-order valence-corrected chi connectivity index (χ2v) is 12.5. The molecule has 0 amide bonds. The summed E-state index contributed by atoms with van der Waals surface area (Å²) in [5.41, 5.74) is 11.8. The fourth-order valence-electron chi connectivity index (χ4n) is 6.80. The van der Waals surface area contributed by atoms with E-state index in [1.165, 1.54) is 32.7 Å². The summed E-state index contributed by atoms with van der Waals surface area (Å²) in [4.78, 5) is 14.5. The van der Waals surface area contributed by atoms with Crippen molar-refractivity contribution in [3.63, 3.8) is 0 Å². The number of aromatic nitrogens is 3. The molecule has 0 saturated carbocycles. The van der Waals surface area contributed by atoms with Gasteiger partial charge in [0, 0.05) is 29.1 Å². The molecule has 0 N–H and O–H groups in total. The lowest BCUT2D eigenvalue weighted by atomic mass is 9.93. The Hall–Kier alpha value is -6.71. The molecule has 0 bridgehead atoms. The van der Waals surface area contributed by atoms with Crippen LogP contribution >= 0.6 is 0 Å². The fourth-order valence-corrected chi connectivity index (χ4v) is 6.80. The number of benzene rings is 7. The zero-order valence-electron chi connectivity index (χ0n) is 27.2. The van der Waals surface area contributed by atoms with Gasteiger partial charge in [-0.05, 0) is 73.1 Å². The minimum Gasteiger partial charge on any atom is -0.264 e. The second-order valence-electron chi connectivity index (χ2n) is 12.5. The van der Waals surface area contributed by atoms with Crippen molar-refractivity contribution in [3.05, 3.63) is 188 Å². The van der Waals surface area contributed by atoms with Crippen LogP contribution in [0.3, 0.4) is 0 Å². The van der Waals surface area contributed by atoms with Crippen molar-refractivity contribution in [2.75, 3.05) is 0 Å². The summed E-state index contributed by atoms with van der Waals surface area (Å²) >= 11 is 0. The zero-order valence-corrected chi connectivity index (χ0v) is 27.2. The van der Waals surface area contributed by atoms with Gasteiger partial charge >= 0.3 is 0 Å². The smallest absolute Gasteiger partial charge is 0.160 e. The molecule has 0 saturated heterocycles. The van der Waals surface area contributed by atoms with Crippen LogP contribution in [-0.4, -0.2) is 15.0 Å². The average molecular weight is 638 g/mol. The normalized spacial score (nSPS) is 11.2. The Morgan fingerprint density at radius 2 is 0.820 bits per heavy atom. The minimum atomic E-state index is 0.700. The highest BCUT2D eigenvalue weighted by Crippen LogP contribution is 2.36. The van der Waals surface area contributed by atoms with Gasteiger partial charge in [-0.25, -0.2) is 9.97 Å². The van der Waals surface area contributed by atoms with Crippen LogP contribution in [0.15, 0.2) is 188 Å². The Morgan fingerprint density at radius 3 is 1.48 bits per heavy atom. The molecule has 234 valence electrons. The van der Waals surface area contributed by atoms with Gasteiger partial charge in [-0.1, -0.05) is 158 Å². The molecule has 0 radical (unpaired) electrons. The molecule has 0 atom stereocenters. The molecule has 2 heterocycles. The molecule has 0 aliphatic carbocycles. The molecule has 50 heavy (non-hydrogen) atoms. The molecule has 0 fully saturated rings.